The summed E-state index contributed by atoms with van der Waals surface area (Å²) in [5.41, 5.74) is 8.56. The third-order valence-corrected chi connectivity index (χ3v) is 5.50. The van der Waals surface area contributed by atoms with Gasteiger partial charge in [-0.2, -0.15) is 9.97 Å². The number of anilines is 2. The number of benzene rings is 1. The van der Waals surface area contributed by atoms with Gasteiger partial charge < -0.3 is 25.0 Å². The van der Waals surface area contributed by atoms with E-state index in [1.165, 1.54) is 0 Å². The number of rotatable bonds is 6. The third kappa shape index (κ3) is 4.63. The van der Waals surface area contributed by atoms with Crippen LogP contribution in [0.15, 0.2) is 71.7 Å². The SMILES string of the molecule is N/C=C(\C=Nc1ccccc1)N1CCc2c(Oc3cccnc3)nc(N3CCOCC3)nc21. The average Bonchev–Trinajstić information content (AvgIpc) is 3.30. The molecule has 1 aromatic carbocycles. The van der Waals surface area contributed by atoms with E-state index in [1.807, 2.05) is 42.5 Å². The lowest BCUT2D eigenvalue weighted by molar-refractivity contribution is 0.122. The smallest absolute Gasteiger partial charge is 0.230 e. The summed E-state index contributed by atoms with van der Waals surface area (Å²) in [4.78, 5) is 22.6. The van der Waals surface area contributed by atoms with Gasteiger partial charge in [-0.15, -0.1) is 0 Å². The number of hydrogen-bond donors (Lipinski definition) is 1. The van der Waals surface area contributed by atoms with Crippen LogP contribution in [0.3, 0.4) is 0 Å². The fourth-order valence-electron chi connectivity index (χ4n) is 3.83. The van der Waals surface area contributed by atoms with Gasteiger partial charge in [-0.3, -0.25) is 9.98 Å². The highest BCUT2D eigenvalue weighted by molar-refractivity contribution is 5.87. The minimum Gasteiger partial charge on any atom is -0.437 e. The second-order valence-corrected chi connectivity index (χ2v) is 7.61. The van der Waals surface area contributed by atoms with Gasteiger partial charge in [-0.05, 0) is 30.7 Å². The largest absolute Gasteiger partial charge is 0.437 e. The molecule has 2 aliphatic rings. The highest BCUT2D eigenvalue weighted by Gasteiger charge is 2.30. The van der Waals surface area contributed by atoms with Gasteiger partial charge in [0, 0.05) is 32.0 Å². The predicted octanol–water partition coefficient (Wildman–Crippen LogP) is 3.07. The molecule has 1 saturated heterocycles. The number of nitrogens with zero attached hydrogens (tertiary/aromatic N) is 6. The number of para-hydroxylation sites is 1. The van der Waals surface area contributed by atoms with Crippen LogP contribution in [0, 0.1) is 0 Å². The molecule has 2 aromatic heterocycles. The van der Waals surface area contributed by atoms with E-state index in [0.717, 1.165) is 42.3 Å². The number of nitrogens with two attached hydrogens (primary N) is 1. The molecule has 0 atom stereocenters. The lowest BCUT2D eigenvalue weighted by atomic mass is 10.2. The molecule has 0 aliphatic carbocycles. The predicted molar refractivity (Wildman–Crippen MR) is 127 cm³/mol. The van der Waals surface area contributed by atoms with Crippen molar-refractivity contribution in [3.05, 3.63) is 72.3 Å². The van der Waals surface area contributed by atoms with Gasteiger partial charge in [0.05, 0.1) is 42.6 Å². The van der Waals surface area contributed by atoms with Gasteiger partial charge in [0.25, 0.3) is 0 Å². The molecule has 2 N–H and O–H groups in total. The zero-order valence-electron chi connectivity index (χ0n) is 18.2. The quantitative estimate of drug-likeness (QED) is 0.580. The fraction of sp³-hybridized carbons (Fsp3) is 0.250. The lowest BCUT2D eigenvalue weighted by Crippen LogP contribution is -2.37. The normalized spacial score (nSPS) is 16.3. The molecule has 9 heteroatoms. The Balaban J connectivity index is 1.51. The van der Waals surface area contributed by atoms with Crippen LogP contribution in [0.1, 0.15) is 5.56 Å². The van der Waals surface area contributed by atoms with Crippen molar-refractivity contribution < 1.29 is 9.47 Å². The molecular weight excluding hydrogens is 418 g/mol. The molecule has 0 saturated carbocycles. The number of morpholine rings is 1. The molecule has 33 heavy (non-hydrogen) atoms. The second-order valence-electron chi connectivity index (χ2n) is 7.61. The van der Waals surface area contributed by atoms with Gasteiger partial charge in [0.1, 0.15) is 11.6 Å². The number of hydrogen-bond acceptors (Lipinski definition) is 9. The van der Waals surface area contributed by atoms with Crippen molar-refractivity contribution in [3.8, 4) is 11.6 Å². The first kappa shape index (κ1) is 20.9. The molecular formula is C24H25N7O2. The Bertz CT molecular complexity index is 1150. The lowest BCUT2D eigenvalue weighted by Gasteiger charge is -2.28. The molecule has 3 aromatic rings. The highest BCUT2D eigenvalue weighted by atomic mass is 16.5. The Labute approximate surface area is 192 Å². The zero-order chi connectivity index (χ0) is 22.5. The average molecular weight is 444 g/mol. The highest BCUT2D eigenvalue weighted by Crippen LogP contribution is 2.38. The minimum absolute atomic E-state index is 0.536. The number of fused-ring (bicyclic) bond motifs is 1. The minimum atomic E-state index is 0.536. The second kappa shape index (κ2) is 9.66. The Morgan fingerprint density at radius 1 is 1.06 bits per heavy atom. The molecule has 168 valence electrons. The van der Waals surface area contributed by atoms with Crippen LogP contribution in [0.4, 0.5) is 17.5 Å². The third-order valence-electron chi connectivity index (χ3n) is 5.50. The van der Waals surface area contributed by atoms with Crippen LogP contribution in [-0.2, 0) is 11.2 Å². The first-order valence-corrected chi connectivity index (χ1v) is 10.9. The Morgan fingerprint density at radius 2 is 1.91 bits per heavy atom. The van der Waals surface area contributed by atoms with Gasteiger partial charge in [0.15, 0.2) is 0 Å². The first-order chi connectivity index (χ1) is 16.3. The number of aliphatic imine (C=N–C) groups is 1. The van der Waals surface area contributed by atoms with E-state index in [-0.39, 0.29) is 0 Å². The van der Waals surface area contributed by atoms with Crippen molar-refractivity contribution in [3.63, 3.8) is 0 Å². The van der Waals surface area contributed by atoms with Gasteiger partial charge in [0.2, 0.25) is 11.8 Å². The summed E-state index contributed by atoms with van der Waals surface area (Å²) in [6.45, 7) is 3.42. The number of pyridine rings is 1. The maximum atomic E-state index is 6.16. The van der Waals surface area contributed by atoms with Crippen LogP contribution in [0.25, 0.3) is 0 Å². The topological polar surface area (TPSA) is 102 Å². The summed E-state index contributed by atoms with van der Waals surface area (Å²) in [5.74, 6) is 2.55. The van der Waals surface area contributed by atoms with Crippen molar-refractivity contribution in [2.75, 3.05) is 42.6 Å². The van der Waals surface area contributed by atoms with E-state index in [2.05, 4.69) is 19.8 Å². The van der Waals surface area contributed by atoms with Crippen LogP contribution in [0.5, 0.6) is 11.6 Å². The van der Waals surface area contributed by atoms with Crippen LogP contribution in [0.2, 0.25) is 0 Å². The molecule has 4 heterocycles. The Morgan fingerprint density at radius 3 is 2.67 bits per heavy atom. The summed E-state index contributed by atoms with van der Waals surface area (Å²) in [6, 6.07) is 13.5. The number of allylic oxidation sites excluding steroid dienone is 1. The number of ether oxygens (including phenoxy) is 2. The van der Waals surface area contributed by atoms with Crippen molar-refractivity contribution in [1.82, 2.24) is 15.0 Å². The van der Waals surface area contributed by atoms with E-state index in [0.29, 0.717) is 37.3 Å². The molecule has 0 bridgehead atoms. The zero-order valence-corrected chi connectivity index (χ0v) is 18.2. The van der Waals surface area contributed by atoms with Crippen molar-refractivity contribution in [2.45, 2.75) is 6.42 Å². The molecule has 0 spiro atoms. The molecule has 1 fully saturated rings. The molecule has 0 unspecified atom stereocenters. The van der Waals surface area contributed by atoms with Gasteiger partial charge in [-0.1, -0.05) is 18.2 Å². The Kier molecular flexibility index (Phi) is 6.12. The Hall–Kier alpha value is -3.98. The van der Waals surface area contributed by atoms with Gasteiger partial charge in [-0.25, -0.2) is 0 Å². The molecule has 5 rings (SSSR count). The fourth-order valence-corrected chi connectivity index (χ4v) is 3.83. The van der Waals surface area contributed by atoms with E-state index < -0.39 is 0 Å². The van der Waals surface area contributed by atoms with Crippen molar-refractivity contribution in [1.29, 1.82) is 0 Å². The van der Waals surface area contributed by atoms with E-state index in [9.17, 15) is 0 Å². The summed E-state index contributed by atoms with van der Waals surface area (Å²) in [7, 11) is 0. The molecule has 0 amide bonds. The summed E-state index contributed by atoms with van der Waals surface area (Å²) in [6.07, 6.45) is 7.43. The van der Waals surface area contributed by atoms with Crippen LogP contribution < -0.4 is 20.3 Å². The maximum Gasteiger partial charge on any atom is 0.230 e. The molecule has 2 aliphatic heterocycles. The van der Waals surface area contributed by atoms with E-state index in [4.69, 9.17) is 25.2 Å². The standard InChI is InChI=1S/C24H25N7O2/c25-15-19(16-27-18-5-2-1-3-6-18)31-10-8-21-22(31)28-24(30-11-13-32-14-12-30)29-23(21)33-20-7-4-9-26-17-20/h1-7,9,15-17H,8,10-14,25H2/b19-15+,27-16?. The summed E-state index contributed by atoms with van der Waals surface area (Å²) in [5, 5.41) is 0. The van der Waals surface area contributed by atoms with Crippen LogP contribution in [-0.4, -0.2) is 54.0 Å². The first-order valence-electron chi connectivity index (χ1n) is 10.9. The monoisotopic (exact) mass is 443 g/mol. The molecule has 0 radical (unpaired) electrons. The van der Waals surface area contributed by atoms with E-state index in [1.54, 1.807) is 24.8 Å². The van der Waals surface area contributed by atoms with E-state index >= 15 is 0 Å². The maximum absolute atomic E-state index is 6.16. The van der Waals surface area contributed by atoms with Crippen molar-refractivity contribution in [2.24, 2.45) is 10.7 Å². The summed E-state index contributed by atoms with van der Waals surface area (Å²) >= 11 is 0. The molecule has 9 nitrogen and oxygen atoms in total. The summed E-state index contributed by atoms with van der Waals surface area (Å²) < 4.78 is 11.7. The van der Waals surface area contributed by atoms with Crippen LogP contribution >= 0.6 is 0 Å². The number of aromatic nitrogens is 3. The van der Waals surface area contributed by atoms with Crippen molar-refractivity contribution >= 4 is 23.7 Å². The van der Waals surface area contributed by atoms with Gasteiger partial charge >= 0.3 is 0 Å².